The highest BCUT2D eigenvalue weighted by atomic mass is 16.4. The van der Waals surface area contributed by atoms with Crippen LogP contribution in [0.4, 0.5) is 0 Å². The summed E-state index contributed by atoms with van der Waals surface area (Å²) in [6.45, 7) is 5.59. The summed E-state index contributed by atoms with van der Waals surface area (Å²) in [5.74, 6) is -0.756. The molecule has 0 aromatic carbocycles. The van der Waals surface area contributed by atoms with Crippen molar-refractivity contribution in [3.8, 4) is 6.07 Å². The number of hydrogen-bond donors (Lipinski definition) is 1. The highest BCUT2D eigenvalue weighted by Gasteiger charge is 2.09. The second kappa shape index (κ2) is 7.34. The molecule has 0 aromatic rings. The molecule has 0 fully saturated rings. The molecule has 0 unspecified atom stereocenters. The molecule has 0 spiro atoms. The van der Waals surface area contributed by atoms with Gasteiger partial charge in [0.2, 0.25) is 0 Å². The van der Waals surface area contributed by atoms with Crippen molar-refractivity contribution in [3.63, 3.8) is 0 Å². The van der Waals surface area contributed by atoms with Crippen molar-refractivity contribution in [2.24, 2.45) is 0 Å². The van der Waals surface area contributed by atoms with E-state index in [2.05, 4.69) is 24.8 Å². The summed E-state index contributed by atoms with van der Waals surface area (Å²) in [7, 11) is 0. The van der Waals surface area contributed by atoms with E-state index in [1.54, 1.807) is 0 Å². The molecule has 0 amide bonds. The summed E-state index contributed by atoms with van der Waals surface area (Å²) >= 11 is 0. The lowest BCUT2D eigenvalue weighted by atomic mass is 10.2. The Bertz CT molecular complexity index is 209. The molecule has 1 N–H and O–H groups in total. The van der Waals surface area contributed by atoms with Gasteiger partial charge >= 0.3 is 5.97 Å². The van der Waals surface area contributed by atoms with Gasteiger partial charge in [0.15, 0.2) is 0 Å². The lowest BCUT2D eigenvalue weighted by molar-refractivity contribution is -0.137. The molecule has 0 aliphatic carbocycles. The van der Waals surface area contributed by atoms with Crippen molar-refractivity contribution in [1.82, 2.24) is 4.90 Å². The van der Waals surface area contributed by atoms with Gasteiger partial charge in [0.1, 0.15) is 0 Å². The predicted molar refractivity (Wildman–Crippen MR) is 53.8 cm³/mol. The van der Waals surface area contributed by atoms with Crippen LogP contribution in [0.25, 0.3) is 0 Å². The lowest BCUT2D eigenvalue weighted by Gasteiger charge is -2.24. The van der Waals surface area contributed by atoms with Crippen molar-refractivity contribution >= 4 is 5.97 Å². The molecule has 4 nitrogen and oxygen atoms in total. The Morgan fingerprint density at radius 1 is 1.50 bits per heavy atom. The predicted octanol–water partition coefficient (Wildman–Crippen LogP) is 1.48. The fraction of sp³-hybridized carbons (Fsp3) is 0.800. The minimum Gasteiger partial charge on any atom is -0.481 e. The van der Waals surface area contributed by atoms with Crippen LogP contribution < -0.4 is 0 Å². The van der Waals surface area contributed by atoms with Gasteiger partial charge in [-0.05, 0) is 26.8 Å². The molecule has 0 aromatic heterocycles. The van der Waals surface area contributed by atoms with E-state index in [-0.39, 0.29) is 6.42 Å². The number of nitriles is 1. The molecule has 0 radical (unpaired) electrons. The minimum atomic E-state index is -0.756. The highest BCUT2D eigenvalue weighted by Crippen LogP contribution is 2.02. The molecule has 14 heavy (non-hydrogen) atoms. The van der Waals surface area contributed by atoms with Crippen LogP contribution in [-0.2, 0) is 4.79 Å². The van der Waals surface area contributed by atoms with Crippen molar-refractivity contribution in [3.05, 3.63) is 0 Å². The third kappa shape index (κ3) is 6.44. The van der Waals surface area contributed by atoms with E-state index in [9.17, 15) is 4.79 Å². The molecule has 0 atom stereocenters. The second-order valence-corrected chi connectivity index (χ2v) is 3.54. The van der Waals surface area contributed by atoms with Gasteiger partial charge in [-0.1, -0.05) is 0 Å². The van der Waals surface area contributed by atoms with Crippen molar-refractivity contribution in [1.29, 1.82) is 5.26 Å². The Balaban J connectivity index is 3.74. The van der Waals surface area contributed by atoms with Gasteiger partial charge in [-0.3, -0.25) is 9.69 Å². The first-order valence-corrected chi connectivity index (χ1v) is 4.90. The van der Waals surface area contributed by atoms with Crippen LogP contribution >= 0.6 is 0 Å². The van der Waals surface area contributed by atoms with Crippen LogP contribution in [0.1, 0.15) is 33.1 Å². The number of hydrogen-bond acceptors (Lipinski definition) is 3. The van der Waals surface area contributed by atoms with Crippen molar-refractivity contribution < 1.29 is 9.90 Å². The molecule has 0 bridgehead atoms. The summed E-state index contributed by atoms with van der Waals surface area (Å²) < 4.78 is 0. The molecule has 0 rings (SSSR count). The molecule has 0 saturated heterocycles. The largest absolute Gasteiger partial charge is 0.481 e. The van der Waals surface area contributed by atoms with Crippen LogP contribution in [-0.4, -0.2) is 35.1 Å². The van der Waals surface area contributed by atoms with Crippen molar-refractivity contribution in [2.75, 3.05) is 13.1 Å². The fourth-order valence-corrected chi connectivity index (χ4v) is 1.26. The number of nitrogens with zero attached hydrogens (tertiary/aromatic N) is 2. The van der Waals surface area contributed by atoms with Crippen LogP contribution in [0.5, 0.6) is 0 Å². The van der Waals surface area contributed by atoms with Gasteiger partial charge < -0.3 is 5.11 Å². The minimum absolute atomic E-state index is 0.204. The van der Waals surface area contributed by atoms with Gasteiger partial charge in [0.25, 0.3) is 0 Å². The highest BCUT2D eigenvalue weighted by molar-refractivity contribution is 5.66. The van der Waals surface area contributed by atoms with Gasteiger partial charge in [0, 0.05) is 25.4 Å². The maximum atomic E-state index is 10.3. The molecule has 80 valence electrons. The van der Waals surface area contributed by atoms with Gasteiger partial charge in [-0.15, -0.1) is 0 Å². The molecule has 0 heterocycles. The summed E-state index contributed by atoms with van der Waals surface area (Å²) in [6, 6.07) is 2.47. The maximum Gasteiger partial charge on any atom is 0.303 e. The summed E-state index contributed by atoms with van der Waals surface area (Å²) in [4.78, 5) is 12.4. The third-order valence-corrected chi connectivity index (χ3v) is 2.08. The lowest BCUT2D eigenvalue weighted by Crippen LogP contribution is -2.32. The number of aliphatic carboxylic acids is 1. The normalized spacial score (nSPS) is 10.5. The number of carboxylic acids is 1. The van der Waals surface area contributed by atoms with E-state index in [1.165, 1.54) is 0 Å². The summed E-state index contributed by atoms with van der Waals surface area (Å²) in [5.41, 5.74) is 0. The first-order chi connectivity index (χ1) is 6.57. The quantitative estimate of drug-likeness (QED) is 0.673. The zero-order chi connectivity index (χ0) is 11.0. The SMILES string of the molecule is CC(C)N(CCC#N)CCCC(=O)O. The Morgan fingerprint density at radius 2 is 2.14 bits per heavy atom. The molecule has 0 saturated carbocycles. The molecule has 0 aliphatic rings. The Labute approximate surface area is 85.1 Å². The Morgan fingerprint density at radius 3 is 2.57 bits per heavy atom. The molecule has 0 aliphatic heterocycles. The van der Waals surface area contributed by atoms with Gasteiger partial charge in [-0.25, -0.2) is 0 Å². The zero-order valence-electron chi connectivity index (χ0n) is 8.86. The van der Waals surface area contributed by atoms with E-state index in [0.717, 1.165) is 13.1 Å². The van der Waals surface area contributed by atoms with Gasteiger partial charge in [-0.2, -0.15) is 5.26 Å². The molecular formula is C10H18N2O2. The first-order valence-electron chi connectivity index (χ1n) is 4.90. The number of carbonyl (C=O) groups is 1. The number of carboxylic acid groups (broad SMARTS) is 1. The van der Waals surface area contributed by atoms with E-state index in [0.29, 0.717) is 18.9 Å². The Kier molecular flexibility index (Phi) is 6.77. The van der Waals surface area contributed by atoms with Crippen LogP contribution in [0.2, 0.25) is 0 Å². The van der Waals surface area contributed by atoms with E-state index >= 15 is 0 Å². The maximum absolute atomic E-state index is 10.3. The first kappa shape index (κ1) is 12.9. The fourth-order valence-electron chi connectivity index (χ4n) is 1.26. The van der Waals surface area contributed by atoms with Crippen LogP contribution in [0.3, 0.4) is 0 Å². The standard InChI is InChI=1S/C10H18N2O2/c1-9(2)12(8-4-6-11)7-3-5-10(13)14/h9H,3-5,7-8H2,1-2H3,(H,13,14). The number of rotatable bonds is 7. The average Bonchev–Trinajstić information content (AvgIpc) is 2.09. The van der Waals surface area contributed by atoms with Crippen molar-refractivity contribution in [2.45, 2.75) is 39.2 Å². The van der Waals surface area contributed by atoms with Crippen LogP contribution in [0, 0.1) is 11.3 Å². The summed E-state index contributed by atoms with van der Waals surface area (Å²) in [5, 5.41) is 16.9. The molecule has 4 heteroatoms. The molecular weight excluding hydrogens is 180 g/mol. The monoisotopic (exact) mass is 198 g/mol. The zero-order valence-corrected chi connectivity index (χ0v) is 8.86. The average molecular weight is 198 g/mol. The van der Waals surface area contributed by atoms with E-state index in [4.69, 9.17) is 10.4 Å². The summed E-state index contributed by atoms with van der Waals surface area (Å²) in [6.07, 6.45) is 1.36. The van der Waals surface area contributed by atoms with E-state index < -0.39 is 5.97 Å². The second-order valence-electron chi connectivity index (χ2n) is 3.54. The van der Waals surface area contributed by atoms with E-state index in [1.807, 2.05) is 0 Å². The smallest absolute Gasteiger partial charge is 0.303 e. The topological polar surface area (TPSA) is 64.3 Å². The Hall–Kier alpha value is -1.08. The third-order valence-electron chi connectivity index (χ3n) is 2.08. The van der Waals surface area contributed by atoms with Crippen LogP contribution in [0.15, 0.2) is 0 Å². The van der Waals surface area contributed by atoms with Gasteiger partial charge in [0.05, 0.1) is 6.07 Å².